The van der Waals surface area contributed by atoms with E-state index in [1.165, 1.54) is 12.1 Å². The topological polar surface area (TPSA) is 0 Å². The van der Waals surface area contributed by atoms with Crippen molar-refractivity contribution in [3.05, 3.63) is 41.1 Å². The highest BCUT2D eigenvalue weighted by atomic mass is 19.1. The van der Waals surface area contributed by atoms with Crippen molar-refractivity contribution in [1.29, 1.82) is 0 Å². The molecular weight excluding hydrogens is 194 g/mol. The van der Waals surface area contributed by atoms with Crippen LogP contribution < -0.4 is 0 Å². The summed E-state index contributed by atoms with van der Waals surface area (Å²) in [6, 6.07) is 4.78. The van der Waals surface area contributed by atoms with Crippen molar-refractivity contribution in [3.8, 4) is 0 Å². The molecule has 0 fully saturated rings. The van der Waals surface area contributed by atoms with Gasteiger partial charge in [0.15, 0.2) is 0 Å². The predicted molar refractivity (Wildman–Crippen MR) is 58.9 cm³/mol. The minimum atomic E-state index is -0.523. The molecule has 2 heteroatoms. The van der Waals surface area contributed by atoms with Gasteiger partial charge in [0.25, 0.3) is 0 Å². The zero-order chi connectivity index (χ0) is 11.4. The molecule has 0 aromatic heterocycles. The van der Waals surface area contributed by atoms with E-state index in [1.807, 2.05) is 6.07 Å². The van der Waals surface area contributed by atoms with Gasteiger partial charge in [-0.3, -0.25) is 4.39 Å². The van der Waals surface area contributed by atoms with Crippen LogP contribution in [0.3, 0.4) is 0 Å². The fraction of sp³-hybridized carbons (Fsp3) is 0.462. The molecule has 15 heavy (non-hydrogen) atoms. The lowest BCUT2D eigenvalue weighted by Gasteiger charge is -2.11. The molecule has 0 nitrogen and oxygen atoms in total. The number of benzene rings is 1. The van der Waals surface area contributed by atoms with Crippen molar-refractivity contribution in [2.75, 3.05) is 6.67 Å². The fourth-order valence-electron chi connectivity index (χ4n) is 1.56. The largest absolute Gasteiger partial charge is 0.250 e. The fourth-order valence-corrected chi connectivity index (χ4v) is 1.56. The Morgan fingerprint density at radius 2 is 1.93 bits per heavy atom. The predicted octanol–water partition coefficient (Wildman–Crippen LogP) is 3.94. The summed E-state index contributed by atoms with van der Waals surface area (Å²) in [4.78, 5) is 0. The van der Waals surface area contributed by atoms with Crippen LogP contribution in [0.15, 0.2) is 18.2 Å². The Bertz CT molecular complexity index is 318. The Balaban J connectivity index is 2.94. The van der Waals surface area contributed by atoms with Crippen LogP contribution in [-0.4, -0.2) is 6.67 Å². The quantitative estimate of drug-likeness (QED) is 0.707. The SMILES string of the molecule is C[C](CF)c1cc(F)cc(CC(C)C)c1. The van der Waals surface area contributed by atoms with Crippen molar-refractivity contribution >= 4 is 0 Å². The Labute approximate surface area is 90.3 Å². The second-order valence-electron chi connectivity index (χ2n) is 4.36. The van der Waals surface area contributed by atoms with Gasteiger partial charge in [-0.25, -0.2) is 4.39 Å². The van der Waals surface area contributed by atoms with Crippen molar-refractivity contribution in [2.24, 2.45) is 5.92 Å². The van der Waals surface area contributed by atoms with Gasteiger partial charge in [-0.2, -0.15) is 0 Å². The van der Waals surface area contributed by atoms with Crippen LogP contribution in [0.25, 0.3) is 0 Å². The molecule has 0 saturated carbocycles. The molecule has 1 aromatic carbocycles. The molecule has 0 aliphatic rings. The Hall–Kier alpha value is -0.920. The Morgan fingerprint density at radius 1 is 1.27 bits per heavy atom. The van der Waals surface area contributed by atoms with Crippen LogP contribution in [0.4, 0.5) is 8.78 Å². The first-order valence-electron chi connectivity index (χ1n) is 5.21. The first kappa shape index (κ1) is 12.2. The molecule has 1 rings (SSSR count). The number of hydrogen-bond donors (Lipinski definition) is 0. The average Bonchev–Trinajstić information content (AvgIpc) is 2.14. The molecule has 0 amide bonds. The number of alkyl halides is 1. The lowest BCUT2D eigenvalue weighted by atomic mass is 9.96. The van der Waals surface area contributed by atoms with Crippen molar-refractivity contribution in [2.45, 2.75) is 27.2 Å². The zero-order valence-electron chi connectivity index (χ0n) is 9.48. The van der Waals surface area contributed by atoms with Gasteiger partial charge in [-0.15, -0.1) is 0 Å². The normalized spacial score (nSPS) is 11.4. The Kier molecular flexibility index (Phi) is 4.25. The molecule has 0 saturated heterocycles. The molecule has 0 aliphatic carbocycles. The second-order valence-corrected chi connectivity index (χ2v) is 4.36. The molecule has 0 N–H and O–H groups in total. The highest BCUT2D eigenvalue weighted by Crippen LogP contribution is 2.20. The van der Waals surface area contributed by atoms with Crippen LogP contribution in [0, 0.1) is 17.7 Å². The third-order valence-electron chi connectivity index (χ3n) is 2.29. The molecule has 0 aliphatic heterocycles. The van der Waals surface area contributed by atoms with E-state index in [1.54, 1.807) is 6.92 Å². The summed E-state index contributed by atoms with van der Waals surface area (Å²) in [5.41, 5.74) is 1.61. The zero-order valence-corrected chi connectivity index (χ0v) is 9.48. The first-order valence-corrected chi connectivity index (χ1v) is 5.21. The number of hydrogen-bond acceptors (Lipinski definition) is 0. The maximum atomic E-state index is 13.2. The molecule has 0 unspecified atom stereocenters. The molecule has 0 bridgehead atoms. The van der Waals surface area contributed by atoms with Gasteiger partial charge in [-0.05, 0) is 35.6 Å². The van der Waals surface area contributed by atoms with E-state index in [0.29, 0.717) is 17.4 Å². The summed E-state index contributed by atoms with van der Waals surface area (Å²) in [6.45, 7) is 5.32. The van der Waals surface area contributed by atoms with E-state index < -0.39 is 6.67 Å². The third-order valence-corrected chi connectivity index (χ3v) is 2.29. The lowest BCUT2D eigenvalue weighted by Crippen LogP contribution is -2.01. The standard InChI is InChI=1S/C13H17F2/c1-9(2)4-11-5-12(10(3)8-14)7-13(15)6-11/h5-7,9H,4,8H2,1-3H3. The van der Waals surface area contributed by atoms with Crippen LogP contribution in [-0.2, 0) is 6.42 Å². The van der Waals surface area contributed by atoms with Crippen molar-refractivity contribution in [3.63, 3.8) is 0 Å². The van der Waals surface area contributed by atoms with Gasteiger partial charge in [-0.1, -0.05) is 26.8 Å². The third kappa shape index (κ3) is 3.61. The minimum absolute atomic E-state index is 0.282. The molecule has 0 atom stereocenters. The lowest BCUT2D eigenvalue weighted by molar-refractivity contribution is 0.514. The average molecular weight is 211 g/mol. The summed E-state index contributed by atoms with van der Waals surface area (Å²) in [5, 5.41) is 0. The smallest absolute Gasteiger partial charge is 0.123 e. The summed E-state index contributed by atoms with van der Waals surface area (Å²) in [7, 11) is 0. The minimum Gasteiger partial charge on any atom is -0.250 e. The summed E-state index contributed by atoms with van der Waals surface area (Å²) in [6.07, 6.45) is 0.824. The van der Waals surface area contributed by atoms with Crippen molar-refractivity contribution < 1.29 is 8.78 Å². The van der Waals surface area contributed by atoms with Crippen LogP contribution in [0.5, 0.6) is 0 Å². The Morgan fingerprint density at radius 3 is 2.47 bits per heavy atom. The summed E-state index contributed by atoms with van der Waals surface area (Å²) < 4.78 is 25.7. The number of halogens is 2. The second kappa shape index (κ2) is 5.24. The number of rotatable bonds is 4. The molecule has 1 aromatic rings. The van der Waals surface area contributed by atoms with Crippen LogP contribution in [0.1, 0.15) is 31.9 Å². The van der Waals surface area contributed by atoms with Gasteiger partial charge in [0.05, 0.1) is 6.67 Å². The maximum Gasteiger partial charge on any atom is 0.123 e. The van der Waals surface area contributed by atoms with Crippen LogP contribution in [0.2, 0.25) is 0 Å². The van der Waals surface area contributed by atoms with Gasteiger partial charge < -0.3 is 0 Å². The molecule has 83 valence electrons. The van der Waals surface area contributed by atoms with Crippen LogP contribution >= 0.6 is 0 Å². The van der Waals surface area contributed by atoms with E-state index in [0.717, 1.165) is 12.0 Å². The van der Waals surface area contributed by atoms with Gasteiger partial charge in [0.2, 0.25) is 0 Å². The van der Waals surface area contributed by atoms with Crippen molar-refractivity contribution in [1.82, 2.24) is 0 Å². The maximum absolute atomic E-state index is 13.2. The summed E-state index contributed by atoms with van der Waals surface area (Å²) in [5.74, 6) is 0.779. The van der Waals surface area contributed by atoms with E-state index in [2.05, 4.69) is 13.8 Å². The molecule has 1 radical (unpaired) electrons. The van der Waals surface area contributed by atoms with Gasteiger partial charge in [0.1, 0.15) is 5.82 Å². The monoisotopic (exact) mass is 211 g/mol. The molecular formula is C13H17F2. The first-order chi connectivity index (χ1) is 7.02. The van der Waals surface area contributed by atoms with Gasteiger partial charge >= 0.3 is 0 Å². The van der Waals surface area contributed by atoms with E-state index in [9.17, 15) is 8.78 Å². The highest BCUT2D eigenvalue weighted by Gasteiger charge is 2.09. The van der Waals surface area contributed by atoms with E-state index in [-0.39, 0.29) is 5.82 Å². The summed E-state index contributed by atoms with van der Waals surface area (Å²) >= 11 is 0. The molecule has 0 spiro atoms. The molecule has 0 heterocycles. The van der Waals surface area contributed by atoms with Gasteiger partial charge in [0, 0.05) is 5.92 Å². The van der Waals surface area contributed by atoms with E-state index in [4.69, 9.17) is 0 Å². The highest BCUT2D eigenvalue weighted by molar-refractivity contribution is 5.34. The van der Waals surface area contributed by atoms with E-state index >= 15 is 0 Å².